The first-order valence-corrected chi connectivity index (χ1v) is 17.9. The Morgan fingerprint density at radius 3 is 2.47 bits per heavy atom. The molecule has 0 unspecified atom stereocenters. The van der Waals surface area contributed by atoms with E-state index in [4.69, 9.17) is 19.2 Å². The predicted octanol–water partition coefficient (Wildman–Crippen LogP) is 5.84. The van der Waals surface area contributed by atoms with Gasteiger partial charge in [0.25, 0.3) is 11.6 Å². The second kappa shape index (κ2) is 14.6. The van der Waals surface area contributed by atoms with Crippen LogP contribution in [0.4, 0.5) is 0 Å². The van der Waals surface area contributed by atoms with E-state index in [1.807, 2.05) is 54.6 Å². The summed E-state index contributed by atoms with van der Waals surface area (Å²) >= 11 is 0. The van der Waals surface area contributed by atoms with E-state index >= 15 is 0 Å². The topological polar surface area (TPSA) is 117 Å². The second-order valence-corrected chi connectivity index (χ2v) is 14.0. The fourth-order valence-electron chi connectivity index (χ4n) is 8.42. The molecule has 1 aromatic heterocycles. The van der Waals surface area contributed by atoms with E-state index in [0.717, 1.165) is 68.9 Å². The molecule has 4 aliphatic rings. The predicted molar refractivity (Wildman–Crippen MR) is 184 cm³/mol. The largest absolute Gasteiger partial charge is 0.467 e. The molecule has 3 heterocycles. The number of fused-ring (bicyclic) bond motifs is 5. The Hall–Kier alpha value is -4.47. The zero-order valence-corrected chi connectivity index (χ0v) is 28.1. The third-order valence-corrected chi connectivity index (χ3v) is 11.0. The van der Waals surface area contributed by atoms with Gasteiger partial charge in [0.1, 0.15) is 18.2 Å². The first-order valence-electron chi connectivity index (χ1n) is 17.9. The van der Waals surface area contributed by atoms with Crippen LogP contribution < -0.4 is 10.3 Å². The molecule has 49 heavy (non-hydrogen) atoms. The Balaban J connectivity index is 1.27. The van der Waals surface area contributed by atoms with Gasteiger partial charge in [-0.25, -0.2) is 4.79 Å². The number of allylic oxidation sites excluding steroid dienone is 2. The Morgan fingerprint density at radius 1 is 0.878 bits per heavy atom. The van der Waals surface area contributed by atoms with Gasteiger partial charge < -0.3 is 19.1 Å². The number of ether oxygens (including phenoxy) is 3. The van der Waals surface area contributed by atoms with E-state index in [-0.39, 0.29) is 67.3 Å². The van der Waals surface area contributed by atoms with Crippen LogP contribution in [0.15, 0.2) is 65.5 Å². The Bertz CT molecular complexity index is 1780. The number of hydrogen-bond acceptors (Lipinski definition) is 8. The molecular formula is C39H45N3O7. The average Bonchev–Trinajstić information content (AvgIpc) is 3.90. The summed E-state index contributed by atoms with van der Waals surface area (Å²) in [5, 5.41) is 0.480. The van der Waals surface area contributed by atoms with Crippen LogP contribution >= 0.6 is 0 Å². The minimum absolute atomic E-state index is 0.00193. The molecule has 10 heteroatoms. The molecule has 1 saturated heterocycles. The van der Waals surface area contributed by atoms with Crippen molar-refractivity contribution in [3.8, 4) is 17.1 Å². The number of nitrogens with zero attached hydrogens (tertiary/aromatic N) is 3. The normalized spacial score (nSPS) is 27.4. The van der Waals surface area contributed by atoms with Crippen molar-refractivity contribution in [2.75, 3.05) is 13.7 Å². The minimum Gasteiger partial charge on any atom is -0.467 e. The minimum atomic E-state index is -0.881. The van der Waals surface area contributed by atoms with Crippen molar-refractivity contribution in [3.63, 3.8) is 0 Å². The van der Waals surface area contributed by atoms with Crippen molar-refractivity contribution in [2.24, 2.45) is 17.8 Å². The molecule has 3 aromatic rings. The summed E-state index contributed by atoms with van der Waals surface area (Å²) in [6, 6.07) is 14.8. The van der Waals surface area contributed by atoms with Crippen molar-refractivity contribution in [2.45, 2.75) is 95.4 Å². The fraction of sp³-hybridized carbons (Fsp3) is 0.513. The summed E-state index contributed by atoms with van der Waals surface area (Å²) in [7, 11) is 1.31. The summed E-state index contributed by atoms with van der Waals surface area (Å²) < 4.78 is 19.3. The van der Waals surface area contributed by atoms with Gasteiger partial charge in [-0.1, -0.05) is 61.4 Å². The van der Waals surface area contributed by atoms with E-state index in [0.29, 0.717) is 10.9 Å². The molecule has 258 valence electrons. The number of benzene rings is 2. The molecule has 2 aliphatic heterocycles. The first-order chi connectivity index (χ1) is 23.9. The van der Waals surface area contributed by atoms with Gasteiger partial charge in [-0.15, -0.1) is 0 Å². The second-order valence-electron chi connectivity index (χ2n) is 14.0. The van der Waals surface area contributed by atoms with Crippen molar-refractivity contribution < 1.29 is 28.6 Å². The molecule has 10 nitrogen and oxygen atoms in total. The lowest BCUT2D eigenvalue weighted by atomic mass is 9.86. The molecule has 2 saturated carbocycles. The van der Waals surface area contributed by atoms with Crippen LogP contribution in [0.3, 0.4) is 0 Å². The maximum atomic E-state index is 14.4. The standard InChI is InChI=1S/C39H45N3O7/c1-47-38(46)33-22-29-24-42(33)37(45)31(26-13-7-8-14-26)23-35(43)49-34-17-10-16-27(34)15-6-3-9-20-41-36(44)30-19-18-28(25-11-4-2-5-12-25)21-32(30)40-39(41)48-29/h2-5,9,11-12,18-19,21,26-27,29,31,33-34H,6-8,10,13-17,20,22-24H2,1H3/b9-3+/t27-,29-,31+,33+,34-/m1/s1. The molecule has 0 spiro atoms. The molecule has 2 aliphatic carbocycles. The van der Waals surface area contributed by atoms with E-state index in [2.05, 4.69) is 6.08 Å². The number of hydrogen-bond donors (Lipinski definition) is 0. The maximum absolute atomic E-state index is 14.4. The number of carbonyl (C=O) groups is 3. The highest BCUT2D eigenvalue weighted by Crippen LogP contribution is 2.38. The highest BCUT2D eigenvalue weighted by molar-refractivity contribution is 5.89. The molecule has 1 amide bonds. The molecule has 5 atom stereocenters. The highest BCUT2D eigenvalue weighted by Gasteiger charge is 2.46. The lowest BCUT2D eigenvalue weighted by molar-refractivity contribution is -0.158. The van der Waals surface area contributed by atoms with E-state index in [1.165, 1.54) is 16.6 Å². The van der Waals surface area contributed by atoms with Crippen LogP contribution in [0.1, 0.15) is 70.6 Å². The average molecular weight is 668 g/mol. The highest BCUT2D eigenvalue weighted by atomic mass is 16.5. The number of esters is 2. The maximum Gasteiger partial charge on any atom is 0.328 e. The van der Waals surface area contributed by atoms with Gasteiger partial charge in [-0.2, -0.15) is 4.98 Å². The van der Waals surface area contributed by atoms with Crippen molar-refractivity contribution in [3.05, 3.63) is 71.0 Å². The van der Waals surface area contributed by atoms with Gasteiger partial charge in [0.15, 0.2) is 0 Å². The van der Waals surface area contributed by atoms with E-state index in [1.54, 1.807) is 0 Å². The lowest BCUT2D eigenvalue weighted by Crippen LogP contribution is -2.46. The SMILES string of the molecule is COC(=O)[C@@H]1C[C@@H]2CN1C(=O)[C@H](C1CCCC1)CC(=O)O[C@@H]1CCC[C@H]1CC/C=C/Cn1c(nc3cc(-c4ccccc4)ccc3c1=O)O2. The van der Waals surface area contributed by atoms with Gasteiger partial charge in [0.2, 0.25) is 5.91 Å². The third-order valence-electron chi connectivity index (χ3n) is 11.0. The lowest BCUT2D eigenvalue weighted by Gasteiger charge is -2.30. The number of methoxy groups -OCH3 is 1. The molecule has 0 N–H and O–H groups in total. The first kappa shape index (κ1) is 33.0. The zero-order valence-electron chi connectivity index (χ0n) is 28.1. The molecular weight excluding hydrogens is 622 g/mol. The monoisotopic (exact) mass is 667 g/mol. The van der Waals surface area contributed by atoms with Crippen LogP contribution in [0.25, 0.3) is 22.0 Å². The van der Waals surface area contributed by atoms with E-state index < -0.39 is 24.0 Å². The van der Waals surface area contributed by atoms with E-state index in [9.17, 15) is 19.2 Å². The summed E-state index contributed by atoms with van der Waals surface area (Å²) in [4.78, 5) is 61.4. The summed E-state index contributed by atoms with van der Waals surface area (Å²) in [5.41, 5.74) is 2.21. The van der Waals surface area contributed by atoms with Gasteiger partial charge in [-0.05, 0) is 80.0 Å². The van der Waals surface area contributed by atoms with Gasteiger partial charge in [0, 0.05) is 13.0 Å². The quantitative estimate of drug-likeness (QED) is 0.253. The zero-order chi connectivity index (χ0) is 33.9. The Kier molecular flexibility index (Phi) is 9.82. The van der Waals surface area contributed by atoms with Crippen LogP contribution in [0, 0.1) is 17.8 Å². The number of amides is 1. The van der Waals surface area contributed by atoms with Gasteiger partial charge in [0.05, 0.1) is 36.9 Å². The third kappa shape index (κ3) is 7.00. The Labute approximate surface area is 286 Å². The van der Waals surface area contributed by atoms with Gasteiger partial charge in [-0.3, -0.25) is 19.0 Å². The van der Waals surface area contributed by atoms with Crippen LogP contribution in [0.5, 0.6) is 6.01 Å². The molecule has 3 fully saturated rings. The van der Waals surface area contributed by atoms with Gasteiger partial charge >= 0.3 is 11.9 Å². The molecule has 2 bridgehead atoms. The fourth-order valence-corrected chi connectivity index (χ4v) is 8.42. The Morgan fingerprint density at radius 2 is 1.67 bits per heavy atom. The number of rotatable bonds is 3. The summed E-state index contributed by atoms with van der Waals surface area (Å²) in [6.07, 6.45) is 11.6. The smallest absolute Gasteiger partial charge is 0.328 e. The van der Waals surface area contributed by atoms with Crippen LogP contribution in [-0.4, -0.2) is 64.2 Å². The number of carbonyl (C=O) groups excluding carboxylic acids is 3. The van der Waals surface area contributed by atoms with Crippen molar-refractivity contribution in [1.29, 1.82) is 0 Å². The summed E-state index contributed by atoms with van der Waals surface area (Å²) in [6.45, 7) is 0.357. The number of aromatic nitrogens is 2. The molecule has 0 radical (unpaired) electrons. The van der Waals surface area contributed by atoms with Crippen LogP contribution in [0.2, 0.25) is 0 Å². The van der Waals surface area contributed by atoms with Crippen molar-refractivity contribution in [1.82, 2.24) is 14.5 Å². The van der Waals surface area contributed by atoms with Crippen LogP contribution in [-0.2, 0) is 30.4 Å². The van der Waals surface area contributed by atoms with Crippen molar-refractivity contribution >= 4 is 28.7 Å². The summed E-state index contributed by atoms with van der Waals surface area (Å²) in [5.74, 6) is -1.41. The molecule has 7 rings (SSSR count). The molecule has 2 aromatic carbocycles.